The zero-order valence-electron chi connectivity index (χ0n) is 26.0. The summed E-state index contributed by atoms with van der Waals surface area (Å²) >= 11 is 0. The van der Waals surface area contributed by atoms with Crippen LogP contribution in [0.25, 0.3) is 11.1 Å². The fourth-order valence-corrected chi connectivity index (χ4v) is 7.30. The Bertz CT molecular complexity index is 1770. The topological polar surface area (TPSA) is 115 Å². The molecule has 0 aromatic heterocycles. The number of carbonyl (C=O) groups is 1. The maximum Gasteiger partial charge on any atom is 0.255 e. The molecule has 244 valence electrons. The Kier molecular flexibility index (Phi) is 10.0. The van der Waals surface area contributed by atoms with Gasteiger partial charge in [0.15, 0.2) is 21.5 Å². The number of rotatable bonds is 12. The number of benzene rings is 4. The Morgan fingerprint density at radius 1 is 0.851 bits per heavy atom. The molecule has 2 aliphatic heterocycles. The number of morpholine rings is 1. The molecular weight excluding hydrogens is 616 g/mol. The zero-order valence-corrected chi connectivity index (χ0v) is 26.8. The number of nitrogens with zero attached hydrogens (tertiary/aromatic N) is 2. The van der Waals surface area contributed by atoms with Gasteiger partial charge in [-0.15, -0.1) is 0 Å². The lowest BCUT2D eigenvalue weighted by Crippen LogP contribution is -2.54. The van der Waals surface area contributed by atoms with Crippen LogP contribution in [0.3, 0.4) is 0 Å². The van der Waals surface area contributed by atoms with E-state index in [-0.39, 0.29) is 35.5 Å². The second-order valence-corrected chi connectivity index (χ2v) is 13.7. The Morgan fingerprint density at radius 3 is 2.13 bits per heavy atom. The maximum atomic E-state index is 14.7. The van der Waals surface area contributed by atoms with Crippen molar-refractivity contribution in [2.45, 2.75) is 29.4 Å². The molecule has 47 heavy (non-hydrogen) atoms. The van der Waals surface area contributed by atoms with Crippen LogP contribution in [0, 0.1) is 0 Å². The highest BCUT2D eigenvalue weighted by Crippen LogP contribution is 2.44. The summed E-state index contributed by atoms with van der Waals surface area (Å²) < 4.78 is 45.1. The number of aliphatic hydroxyl groups excluding tert-OH is 1. The van der Waals surface area contributed by atoms with E-state index in [1.807, 2.05) is 54.6 Å². The lowest BCUT2D eigenvalue weighted by Gasteiger charge is -2.37. The largest absolute Gasteiger partial charge is 0.494 e. The number of amides is 1. The second-order valence-electron chi connectivity index (χ2n) is 11.6. The molecule has 0 saturated carbocycles. The summed E-state index contributed by atoms with van der Waals surface area (Å²) in [5.41, 5.74) is 1.84. The van der Waals surface area contributed by atoms with Crippen LogP contribution in [0.15, 0.2) is 119 Å². The van der Waals surface area contributed by atoms with Gasteiger partial charge < -0.3 is 24.2 Å². The predicted octanol–water partition coefficient (Wildman–Crippen LogP) is 5.09. The molecule has 1 saturated heterocycles. The van der Waals surface area contributed by atoms with Gasteiger partial charge in [-0.2, -0.15) is 0 Å². The number of hydrogen-bond donors (Lipinski definition) is 1. The second kappa shape index (κ2) is 14.5. The third kappa shape index (κ3) is 7.25. The van der Waals surface area contributed by atoms with E-state index in [4.69, 9.17) is 24.3 Å². The first kappa shape index (κ1) is 32.4. The van der Waals surface area contributed by atoms with Gasteiger partial charge in [0.2, 0.25) is 5.90 Å². The number of aliphatic hydroxyl groups is 1. The summed E-state index contributed by atoms with van der Waals surface area (Å²) in [6.45, 7) is 1.93. The molecule has 2 heterocycles. The highest BCUT2D eigenvalue weighted by Gasteiger charge is 2.55. The van der Waals surface area contributed by atoms with Gasteiger partial charge in [-0.3, -0.25) is 4.79 Å². The number of carbonyl (C=O) groups excluding carboxylic acids is 1. The first-order chi connectivity index (χ1) is 22.9. The fourth-order valence-electron chi connectivity index (χ4n) is 5.91. The van der Waals surface area contributed by atoms with Gasteiger partial charge in [0.25, 0.3) is 5.91 Å². The third-order valence-electron chi connectivity index (χ3n) is 8.48. The molecule has 0 spiro atoms. The molecule has 1 amide bonds. The average molecular weight is 655 g/mol. The van der Waals surface area contributed by atoms with Gasteiger partial charge >= 0.3 is 0 Å². The molecule has 1 N–H and O–H groups in total. The molecule has 1 fully saturated rings. The summed E-state index contributed by atoms with van der Waals surface area (Å²) in [4.78, 5) is 21.6. The number of ether oxygens (including phenoxy) is 3. The van der Waals surface area contributed by atoms with Crippen LogP contribution < -0.4 is 4.74 Å². The summed E-state index contributed by atoms with van der Waals surface area (Å²) in [5.74, 6) is 0.282. The van der Waals surface area contributed by atoms with Gasteiger partial charge in [-0.25, -0.2) is 13.4 Å². The van der Waals surface area contributed by atoms with E-state index in [9.17, 15) is 13.2 Å². The summed E-state index contributed by atoms with van der Waals surface area (Å²) in [7, 11) is -3.75. The van der Waals surface area contributed by atoms with E-state index in [1.54, 1.807) is 59.5 Å². The number of aliphatic imine (C=N–C) groups is 1. The van der Waals surface area contributed by atoms with Crippen LogP contribution in [-0.2, 0) is 24.1 Å². The Morgan fingerprint density at radius 2 is 1.47 bits per heavy atom. The molecule has 4 aromatic carbocycles. The van der Waals surface area contributed by atoms with Crippen molar-refractivity contribution in [3.8, 4) is 16.9 Å². The van der Waals surface area contributed by atoms with E-state index in [1.165, 1.54) is 0 Å². The van der Waals surface area contributed by atoms with E-state index >= 15 is 0 Å². The molecule has 6 rings (SSSR count). The summed E-state index contributed by atoms with van der Waals surface area (Å²) in [5, 5.41) is 9.08. The first-order valence-corrected chi connectivity index (χ1v) is 17.5. The predicted molar refractivity (Wildman–Crippen MR) is 179 cm³/mol. The Balaban J connectivity index is 1.41. The SMILES string of the molecule is O=C(N1CCOCC1)[C@]1(CCS(=O)(=O)c2ccccc2)N=C(c2ccc(OCCCO)cc2)O[C@@H]1c1ccc(-c2ccccc2)cc1. The van der Waals surface area contributed by atoms with Gasteiger partial charge in [0.1, 0.15) is 5.75 Å². The van der Waals surface area contributed by atoms with Gasteiger partial charge in [0, 0.05) is 38.1 Å². The highest BCUT2D eigenvalue weighted by atomic mass is 32.2. The molecule has 9 nitrogen and oxygen atoms in total. The van der Waals surface area contributed by atoms with Crippen molar-refractivity contribution in [2.24, 2.45) is 4.99 Å². The molecule has 0 unspecified atom stereocenters. The monoisotopic (exact) mass is 654 g/mol. The van der Waals surface area contributed by atoms with Crippen LogP contribution in [-0.4, -0.2) is 81.0 Å². The zero-order chi connectivity index (χ0) is 32.7. The van der Waals surface area contributed by atoms with Crippen molar-refractivity contribution in [1.29, 1.82) is 0 Å². The van der Waals surface area contributed by atoms with Crippen molar-refractivity contribution < 1.29 is 32.5 Å². The normalized spacial score (nSPS) is 19.6. The lowest BCUT2D eigenvalue weighted by atomic mass is 9.84. The van der Waals surface area contributed by atoms with Crippen molar-refractivity contribution in [1.82, 2.24) is 4.90 Å². The average Bonchev–Trinajstić information content (AvgIpc) is 3.53. The van der Waals surface area contributed by atoms with E-state index < -0.39 is 21.5 Å². The van der Waals surface area contributed by atoms with Gasteiger partial charge in [0.05, 0.1) is 30.5 Å². The first-order valence-electron chi connectivity index (χ1n) is 15.8. The van der Waals surface area contributed by atoms with Gasteiger partial charge in [-0.1, -0.05) is 72.8 Å². The molecule has 10 heteroatoms. The minimum absolute atomic E-state index is 0.0374. The smallest absolute Gasteiger partial charge is 0.255 e. The minimum Gasteiger partial charge on any atom is -0.494 e. The maximum absolute atomic E-state index is 14.7. The molecule has 2 aliphatic rings. The molecule has 0 aliphatic carbocycles. The van der Waals surface area contributed by atoms with Crippen molar-refractivity contribution in [2.75, 3.05) is 45.3 Å². The third-order valence-corrected chi connectivity index (χ3v) is 10.2. The number of sulfone groups is 1. The molecular formula is C37H38N2O7S. The van der Waals surface area contributed by atoms with Crippen LogP contribution in [0.1, 0.15) is 30.1 Å². The fraction of sp³-hybridized carbons (Fsp3) is 0.297. The molecule has 4 aromatic rings. The minimum atomic E-state index is -3.75. The number of hydrogen-bond acceptors (Lipinski definition) is 8. The lowest BCUT2D eigenvalue weighted by molar-refractivity contribution is -0.144. The quantitative estimate of drug-likeness (QED) is 0.212. The highest BCUT2D eigenvalue weighted by molar-refractivity contribution is 7.91. The van der Waals surface area contributed by atoms with Crippen LogP contribution in [0.4, 0.5) is 0 Å². The molecule has 0 bridgehead atoms. The molecule has 0 radical (unpaired) electrons. The standard InChI is InChI=1S/C37H38N2O7S/c40-23-7-24-45-32-18-16-31(17-19-32)35-38-37(36(41)39-21-25-44-26-22-39,20-27-47(42,43)33-10-5-2-6-11-33)34(46-35)30-14-12-29(13-15-30)28-8-3-1-4-9-28/h1-6,8-19,34,40H,7,20-27H2/t34-,37-/m1/s1. The Hall–Kier alpha value is -4.51. The molecule has 2 atom stereocenters. The van der Waals surface area contributed by atoms with Crippen LogP contribution in [0.2, 0.25) is 0 Å². The van der Waals surface area contributed by atoms with E-state index in [0.29, 0.717) is 56.2 Å². The Labute approximate surface area is 275 Å². The van der Waals surface area contributed by atoms with E-state index in [2.05, 4.69) is 0 Å². The van der Waals surface area contributed by atoms with Gasteiger partial charge in [-0.05, 0) is 53.1 Å². The van der Waals surface area contributed by atoms with Crippen LogP contribution >= 0.6 is 0 Å². The van der Waals surface area contributed by atoms with Crippen LogP contribution in [0.5, 0.6) is 5.75 Å². The van der Waals surface area contributed by atoms with Crippen molar-refractivity contribution in [3.63, 3.8) is 0 Å². The van der Waals surface area contributed by atoms with Crippen molar-refractivity contribution in [3.05, 3.63) is 120 Å². The van der Waals surface area contributed by atoms with E-state index in [0.717, 1.165) is 11.1 Å². The van der Waals surface area contributed by atoms with Crippen molar-refractivity contribution >= 4 is 21.6 Å². The summed E-state index contributed by atoms with van der Waals surface area (Å²) in [6.07, 6.45) is -0.457. The summed E-state index contributed by atoms with van der Waals surface area (Å²) in [6, 6.07) is 33.2.